The number of amides is 1. The van der Waals surface area contributed by atoms with Gasteiger partial charge in [0.2, 0.25) is 5.91 Å². The van der Waals surface area contributed by atoms with E-state index in [0.29, 0.717) is 24.5 Å². The van der Waals surface area contributed by atoms with Gasteiger partial charge in [0, 0.05) is 36.4 Å². The molecule has 2 heterocycles. The van der Waals surface area contributed by atoms with Crippen molar-refractivity contribution in [2.45, 2.75) is 37.4 Å². The Morgan fingerprint density at radius 3 is 2.54 bits per heavy atom. The summed E-state index contributed by atoms with van der Waals surface area (Å²) in [5.74, 6) is -1.62. The minimum absolute atomic E-state index is 0.0531. The summed E-state index contributed by atoms with van der Waals surface area (Å²) in [6, 6.07) is 2.05. The smallest absolute Gasteiger partial charge is 0.227 e. The zero-order chi connectivity index (χ0) is 19.1. The van der Waals surface area contributed by atoms with Crippen LogP contribution in [0.3, 0.4) is 0 Å². The number of hydrogen-bond acceptors (Lipinski definition) is 5. The van der Waals surface area contributed by atoms with Gasteiger partial charge in [-0.25, -0.2) is 18.7 Å². The predicted octanol–water partition coefficient (Wildman–Crippen LogP) is 3.50. The van der Waals surface area contributed by atoms with Crippen LogP contribution >= 0.6 is 11.8 Å². The van der Waals surface area contributed by atoms with E-state index in [0.717, 1.165) is 12.1 Å². The number of aliphatic hydroxyl groups is 1. The topological polar surface area (TPSA) is 66.3 Å². The molecule has 0 unspecified atom stereocenters. The Bertz CT molecular complexity index is 868. The molecule has 3 rings (SSSR count). The molecule has 1 N–H and O–H groups in total. The molecule has 0 bridgehead atoms. The van der Waals surface area contributed by atoms with Gasteiger partial charge in [-0.3, -0.25) is 4.79 Å². The SMILES string of the molecule is CSc1ncc(-c2cc(F)c(N3CCCC3=O)cc2F)c(C(C)(C)O)n1. The maximum Gasteiger partial charge on any atom is 0.227 e. The molecule has 138 valence electrons. The number of aromatic nitrogens is 2. The summed E-state index contributed by atoms with van der Waals surface area (Å²) in [7, 11) is 0. The molecule has 2 aromatic rings. The molecule has 1 fully saturated rings. The van der Waals surface area contributed by atoms with Crippen LogP contribution in [-0.4, -0.2) is 33.8 Å². The Labute approximate surface area is 154 Å². The van der Waals surface area contributed by atoms with Gasteiger partial charge in [0.05, 0.1) is 11.4 Å². The molecule has 1 aromatic carbocycles. The first-order chi connectivity index (χ1) is 12.2. The highest BCUT2D eigenvalue weighted by atomic mass is 32.2. The molecule has 0 radical (unpaired) electrons. The largest absolute Gasteiger partial charge is 0.384 e. The third-order valence-corrected chi connectivity index (χ3v) is 4.78. The molecule has 0 saturated carbocycles. The van der Waals surface area contributed by atoms with E-state index < -0.39 is 17.2 Å². The molecule has 8 heteroatoms. The van der Waals surface area contributed by atoms with Crippen LogP contribution in [0.5, 0.6) is 0 Å². The number of carbonyl (C=O) groups excluding carboxylic acids is 1. The lowest BCUT2D eigenvalue weighted by atomic mass is 9.95. The average Bonchev–Trinajstić information content (AvgIpc) is 3.01. The fourth-order valence-corrected chi connectivity index (χ4v) is 3.32. The lowest BCUT2D eigenvalue weighted by molar-refractivity contribution is -0.117. The molecule has 1 aliphatic heterocycles. The first-order valence-corrected chi connectivity index (χ1v) is 9.38. The number of nitrogens with zero attached hydrogens (tertiary/aromatic N) is 3. The first kappa shape index (κ1) is 18.7. The van der Waals surface area contributed by atoms with E-state index in [2.05, 4.69) is 9.97 Å². The Balaban J connectivity index is 2.13. The van der Waals surface area contributed by atoms with Gasteiger partial charge >= 0.3 is 0 Å². The van der Waals surface area contributed by atoms with Crippen LogP contribution in [0.25, 0.3) is 11.1 Å². The van der Waals surface area contributed by atoms with Gasteiger partial charge in [0.25, 0.3) is 0 Å². The second kappa shape index (κ2) is 6.92. The van der Waals surface area contributed by atoms with Gasteiger partial charge in [-0.1, -0.05) is 11.8 Å². The summed E-state index contributed by atoms with van der Waals surface area (Å²) in [6.07, 6.45) is 4.11. The molecule has 26 heavy (non-hydrogen) atoms. The molecule has 5 nitrogen and oxygen atoms in total. The summed E-state index contributed by atoms with van der Waals surface area (Å²) in [5, 5.41) is 10.8. The first-order valence-electron chi connectivity index (χ1n) is 8.16. The monoisotopic (exact) mass is 379 g/mol. The van der Waals surface area contributed by atoms with Crippen molar-refractivity contribution in [3.05, 3.63) is 35.7 Å². The molecule has 1 saturated heterocycles. The third kappa shape index (κ3) is 3.43. The maximum absolute atomic E-state index is 14.8. The Morgan fingerprint density at radius 2 is 1.96 bits per heavy atom. The third-order valence-electron chi connectivity index (χ3n) is 4.22. The fraction of sp³-hybridized carbons (Fsp3) is 0.389. The van der Waals surface area contributed by atoms with Crippen LogP contribution in [0.4, 0.5) is 14.5 Å². The molecule has 0 aliphatic carbocycles. The second-order valence-electron chi connectivity index (χ2n) is 6.61. The van der Waals surface area contributed by atoms with E-state index in [1.807, 2.05) is 0 Å². The minimum atomic E-state index is -1.37. The van der Waals surface area contributed by atoms with Crippen LogP contribution in [0, 0.1) is 11.6 Å². The molecular weight excluding hydrogens is 360 g/mol. The van der Waals surface area contributed by atoms with E-state index in [1.165, 1.54) is 36.7 Å². The van der Waals surface area contributed by atoms with Gasteiger partial charge in [-0.2, -0.15) is 0 Å². The molecule has 1 amide bonds. The van der Waals surface area contributed by atoms with Crippen molar-refractivity contribution in [2.24, 2.45) is 0 Å². The van der Waals surface area contributed by atoms with Crippen molar-refractivity contribution >= 4 is 23.4 Å². The standard InChI is InChI=1S/C18H19F2N3O2S/c1-18(2,25)16-11(9-21-17(22-16)26-3)10-7-13(20)14(8-12(10)19)23-6-4-5-15(23)24/h7-9,25H,4-6H2,1-3H3. The number of thioether (sulfide) groups is 1. The number of rotatable bonds is 4. The van der Waals surface area contributed by atoms with Gasteiger partial charge in [-0.05, 0) is 32.6 Å². The van der Waals surface area contributed by atoms with Gasteiger partial charge in [0.1, 0.15) is 17.2 Å². The van der Waals surface area contributed by atoms with Gasteiger partial charge < -0.3 is 10.0 Å². The van der Waals surface area contributed by atoms with Gasteiger partial charge in [-0.15, -0.1) is 0 Å². The highest BCUT2D eigenvalue weighted by Gasteiger charge is 2.29. The van der Waals surface area contributed by atoms with E-state index in [1.54, 1.807) is 6.26 Å². The molecule has 1 aromatic heterocycles. The average molecular weight is 379 g/mol. The van der Waals surface area contributed by atoms with E-state index in [-0.39, 0.29) is 28.4 Å². The van der Waals surface area contributed by atoms with Crippen LogP contribution in [0.2, 0.25) is 0 Å². The number of halogens is 2. The zero-order valence-electron chi connectivity index (χ0n) is 14.7. The lowest BCUT2D eigenvalue weighted by Gasteiger charge is -2.22. The summed E-state index contributed by atoms with van der Waals surface area (Å²) in [6.45, 7) is 3.41. The lowest BCUT2D eigenvalue weighted by Crippen LogP contribution is -2.25. The summed E-state index contributed by atoms with van der Waals surface area (Å²) < 4.78 is 29.4. The van der Waals surface area contributed by atoms with Crippen molar-refractivity contribution in [2.75, 3.05) is 17.7 Å². The van der Waals surface area contributed by atoms with Crippen LogP contribution in [-0.2, 0) is 10.4 Å². The normalized spacial score (nSPS) is 15.0. The summed E-state index contributed by atoms with van der Waals surface area (Å²) in [4.78, 5) is 21.5. The van der Waals surface area contributed by atoms with Crippen molar-refractivity contribution in [3.63, 3.8) is 0 Å². The minimum Gasteiger partial charge on any atom is -0.384 e. The van der Waals surface area contributed by atoms with Crippen molar-refractivity contribution in [1.82, 2.24) is 9.97 Å². The van der Waals surface area contributed by atoms with Crippen molar-refractivity contribution < 1.29 is 18.7 Å². The summed E-state index contributed by atoms with van der Waals surface area (Å²) >= 11 is 1.28. The highest BCUT2D eigenvalue weighted by molar-refractivity contribution is 7.98. The number of anilines is 1. The molecule has 1 aliphatic rings. The number of benzene rings is 1. The number of carbonyl (C=O) groups is 1. The predicted molar refractivity (Wildman–Crippen MR) is 96.0 cm³/mol. The Hall–Kier alpha value is -2.06. The van der Waals surface area contributed by atoms with E-state index >= 15 is 0 Å². The highest BCUT2D eigenvalue weighted by Crippen LogP contribution is 2.36. The molecular formula is C18H19F2N3O2S. The summed E-state index contributed by atoms with van der Waals surface area (Å²) in [5.41, 5.74) is -1.07. The fourth-order valence-electron chi connectivity index (χ4n) is 2.98. The zero-order valence-corrected chi connectivity index (χ0v) is 15.5. The van der Waals surface area contributed by atoms with Crippen LogP contribution in [0.1, 0.15) is 32.4 Å². The Morgan fingerprint density at radius 1 is 1.23 bits per heavy atom. The second-order valence-corrected chi connectivity index (χ2v) is 7.38. The molecule has 0 spiro atoms. The van der Waals surface area contributed by atoms with Crippen molar-refractivity contribution in [1.29, 1.82) is 0 Å². The van der Waals surface area contributed by atoms with Gasteiger partial charge in [0.15, 0.2) is 5.16 Å². The quantitative estimate of drug-likeness (QED) is 0.651. The van der Waals surface area contributed by atoms with Crippen molar-refractivity contribution in [3.8, 4) is 11.1 Å². The van der Waals surface area contributed by atoms with E-state index in [9.17, 15) is 18.7 Å². The maximum atomic E-state index is 14.8. The Kier molecular flexibility index (Phi) is 4.98. The van der Waals surface area contributed by atoms with E-state index in [4.69, 9.17) is 0 Å². The van der Waals surface area contributed by atoms with Crippen LogP contribution in [0.15, 0.2) is 23.5 Å². The molecule has 0 atom stereocenters. The van der Waals surface area contributed by atoms with Crippen LogP contribution < -0.4 is 4.90 Å². The number of hydrogen-bond donors (Lipinski definition) is 1.